The summed E-state index contributed by atoms with van der Waals surface area (Å²) < 4.78 is 36.0. The Morgan fingerprint density at radius 1 is 1.24 bits per heavy atom. The van der Waals surface area contributed by atoms with E-state index in [-0.39, 0.29) is 11.8 Å². The molecule has 0 radical (unpaired) electrons. The predicted octanol–water partition coefficient (Wildman–Crippen LogP) is 2.00. The predicted molar refractivity (Wildman–Crippen MR) is 56.3 cm³/mol. The number of nitrogens with one attached hydrogen (secondary N) is 1. The van der Waals surface area contributed by atoms with Crippen LogP contribution in [0.3, 0.4) is 0 Å². The van der Waals surface area contributed by atoms with E-state index >= 15 is 0 Å². The summed E-state index contributed by atoms with van der Waals surface area (Å²) in [6.45, 7) is -0.751. The number of halogens is 3. The average molecular weight is 253 g/mol. The van der Waals surface area contributed by atoms with Crippen LogP contribution in [0.4, 0.5) is 13.2 Å². The second-order valence-corrected chi connectivity index (χ2v) is 4.49. The molecule has 0 saturated heterocycles. The standard InChI is InChI=1S/C11H18F3NO2/c12-11(13,14)9(16)7-15-10(17)8-5-3-1-2-4-6-8/h8-9,16H,1-7H2,(H,15,17). The van der Waals surface area contributed by atoms with Gasteiger partial charge in [-0.15, -0.1) is 0 Å². The Balaban J connectivity index is 2.33. The van der Waals surface area contributed by atoms with Crippen molar-refractivity contribution in [3.8, 4) is 0 Å². The summed E-state index contributed by atoms with van der Waals surface area (Å²) in [7, 11) is 0. The van der Waals surface area contributed by atoms with Crippen molar-refractivity contribution < 1.29 is 23.1 Å². The molecule has 0 aromatic carbocycles. The van der Waals surface area contributed by atoms with Gasteiger partial charge in [0.05, 0.1) is 6.54 Å². The number of alkyl halides is 3. The van der Waals surface area contributed by atoms with Gasteiger partial charge in [-0.3, -0.25) is 4.79 Å². The van der Waals surface area contributed by atoms with E-state index in [9.17, 15) is 18.0 Å². The van der Waals surface area contributed by atoms with Gasteiger partial charge >= 0.3 is 6.18 Å². The molecule has 0 aromatic heterocycles. The highest BCUT2D eigenvalue weighted by Crippen LogP contribution is 2.23. The molecule has 1 unspecified atom stereocenters. The van der Waals surface area contributed by atoms with Crippen molar-refractivity contribution in [1.82, 2.24) is 5.32 Å². The fourth-order valence-corrected chi connectivity index (χ4v) is 2.00. The van der Waals surface area contributed by atoms with E-state index in [0.29, 0.717) is 0 Å². The van der Waals surface area contributed by atoms with Crippen LogP contribution >= 0.6 is 0 Å². The van der Waals surface area contributed by atoms with Crippen LogP contribution in [0, 0.1) is 5.92 Å². The minimum atomic E-state index is -4.67. The zero-order chi connectivity index (χ0) is 12.9. The fraction of sp³-hybridized carbons (Fsp3) is 0.909. The molecule has 1 atom stereocenters. The maximum atomic E-state index is 12.0. The quantitative estimate of drug-likeness (QED) is 0.756. The second-order valence-electron chi connectivity index (χ2n) is 4.49. The topological polar surface area (TPSA) is 49.3 Å². The third-order valence-corrected chi connectivity index (χ3v) is 3.07. The Bertz CT molecular complexity index is 248. The molecule has 1 saturated carbocycles. The Hall–Kier alpha value is -0.780. The summed E-state index contributed by atoms with van der Waals surface area (Å²) in [5.41, 5.74) is 0. The van der Waals surface area contributed by atoms with Crippen molar-refractivity contribution in [2.45, 2.75) is 50.8 Å². The zero-order valence-corrected chi connectivity index (χ0v) is 9.59. The highest BCUT2D eigenvalue weighted by molar-refractivity contribution is 5.78. The highest BCUT2D eigenvalue weighted by atomic mass is 19.4. The first-order valence-corrected chi connectivity index (χ1v) is 5.93. The largest absolute Gasteiger partial charge is 0.416 e. The summed E-state index contributed by atoms with van der Waals surface area (Å²) in [6.07, 6.45) is -1.64. The van der Waals surface area contributed by atoms with Crippen LogP contribution in [0.15, 0.2) is 0 Å². The lowest BCUT2D eigenvalue weighted by Crippen LogP contribution is -2.42. The van der Waals surface area contributed by atoms with Gasteiger partial charge in [0.15, 0.2) is 6.10 Å². The van der Waals surface area contributed by atoms with Crippen molar-refractivity contribution in [1.29, 1.82) is 0 Å². The van der Waals surface area contributed by atoms with Crippen molar-refractivity contribution in [2.24, 2.45) is 5.92 Å². The molecule has 6 heteroatoms. The molecule has 0 bridgehead atoms. The summed E-state index contributed by atoms with van der Waals surface area (Å²) >= 11 is 0. The van der Waals surface area contributed by atoms with Gasteiger partial charge in [-0.25, -0.2) is 0 Å². The highest BCUT2D eigenvalue weighted by Gasteiger charge is 2.38. The van der Waals surface area contributed by atoms with Gasteiger partial charge in [0.25, 0.3) is 0 Å². The van der Waals surface area contributed by atoms with Gasteiger partial charge in [0.1, 0.15) is 0 Å². The number of carbonyl (C=O) groups is 1. The average Bonchev–Trinajstić information content (AvgIpc) is 2.52. The maximum absolute atomic E-state index is 12.0. The Morgan fingerprint density at radius 3 is 2.24 bits per heavy atom. The van der Waals surface area contributed by atoms with E-state index in [0.717, 1.165) is 38.5 Å². The first kappa shape index (κ1) is 14.3. The molecule has 1 rings (SSSR count). The maximum Gasteiger partial charge on any atom is 0.416 e. The van der Waals surface area contributed by atoms with Gasteiger partial charge in [-0.2, -0.15) is 13.2 Å². The minimum Gasteiger partial charge on any atom is -0.382 e. The second kappa shape index (κ2) is 6.23. The first-order chi connectivity index (χ1) is 7.91. The molecule has 0 spiro atoms. The minimum absolute atomic E-state index is 0.196. The Labute approximate surface area is 98.4 Å². The van der Waals surface area contributed by atoms with Gasteiger partial charge in [0.2, 0.25) is 5.91 Å². The fourth-order valence-electron chi connectivity index (χ4n) is 2.00. The van der Waals surface area contributed by atoms with Crippen molar-refractivity contribution in [2.75, 3.05) is 6.54 Å². The van der Waals surface area contributed by atoms with E-state index < -0.39 is 18.8 Å². The molecular weight excluding hydrogens is 235 g/mol. The summed E-state index contributed by atoms with van der Waals surface area (Å²) in [6, 6.07) is 0. The number of aliphatic hydroxyl groups is 1. The molecule has 1 amide bonds. The number of aliphatic hydroxyl groups excluding tert-OH is 1. The normalized spacial score (nSPS) is 20.7. The van der Waals surface area contributed by atoms with E-state index in [2.05, 4.69) is 5.32 Å². The lowest BCUT2D eigenvalue weighted by molar-refractivity contribution is -0.202. The van der Waals surface area contributed by atoms with Crippen LogP contribution in [-0.2, 0) is 4.79 Å². The molecular formula is C11H18F3NO2. The molecule has 2 N–H and O–H groups in total. The van der Waals surface area contributed by atoms with Crippen molar-refractivity contribution in [3.63, 3.8) is 0 Å². The smallest absolute Gasteiger partial charge is 0.382 e. The number of amides is 1. The third-order valence-electron chi connectivity index (χ3n) is 3.07. The van der Waals surface area contributed by atoms with E-state index in [1.54, 1.807) is 0 Å². The van der Waals surface area contributed by atoms with Crippen LogP contribution in [-0.4, -0.2) is 29.8 Å². The molecule has 0 heterocycles. The van der Waals surface area contributed by atoms with Gasteiger partial charge in [-0.05, 0) is 12.8 Å². The molecule has 1 aliphatic rings. The van der Waals surface area contributed by atoms with Crippen molar-refractivity contribution in [3.05, 3.63) is 0 Å². The van der Waals surface area contributed by atoms with Crippen LogP contribution in [0.5, 0.6) is 0 Å². The van der Waals surface area contributed by atoms with Crippen LogP contribution in [0.25, 0.3) is 0 Å². The van der Waals surface area contributed by atoms with Crippen LogP contribution in [0.2, 0.25) is 0 Å². The van der Waals surface area contributed by atoms with Crippen molar-refractivity contribution >= 4 is 5.91 Å². The number of hydrogen-bond acceptors (Lipinski definition) is 2. The summed E-state index contributed by atoms with van der Waals surface area (Å²) in [5, 5.41) is 10.9. The third kappa shape index (κ3) is 4.93. The molecule has 17 heavy (non-hydrogen) atoms. The number of carbonyl (C=O) groups excluding carboxylic acids is 1. The lowest BCUT2D eigenvalue weighted by Gasteiger charge is -2.18. The molecule has 100 valence electrons. The van der Waals surface area contributed by atoms with Gasteiger partial charge in [0, 0.05) is 5.92 Å². The molecule has 1 aliphatic carbocycles. The number of rotatable bonds is 3. The zero-order valence-electron chi connectivity index (χ0n) is 9.59. The Morgan fingerprint density at radius 2 is 1.76 bits per heavy atom. The van der Waals surface area contributed by atoms with Gasteiger partial charge < -0.3 is 10.4 Å². The molecule has 1 fully saturated rings. The van der Waals surface area contributed by atoms with Gasteiger partial charge in [-0.1, -0.05) is 25.7 Å². The SMILES string of the molecule is O=C(NCC(O)C(F)(F)F)C1CCCCCC1. The molecule has 0 aromatic rings. The first-order valence-electron chi connectivity index (χ1n) is 5.93. The molecule has 3 nitrogen and oxygen atoms in total. The summed E-state index contributed by atoms with van der Waals surface area (Å²) in [4.78, 5) is 11.6. The van der Waals surface area contributed by atoms with E-state index in [1.807, 2.05) is 0 Å². The monoisotopic (exact) mass is 253 g/mol. The van der Waals surface area contributed by atoms with E-state index in [4.69, 9.17) is 5.11 Å². The molecule has 0 aliphatic heterocycles. The lowest BCUT2D eigenvalue weighted by atomic mass is 9.99. The van der Waals surface area contributed by atoms with E-state index in [1.165, 1.54) is 0 Å². The summed E-state index contributed by atoms with van der Waals surface area (Å²) in [5.74, 6) is -0.562. The Kier molecular flexibility index (Phi) is 5.24. The van der Waals surface area contributed by atoms with Crippen LogP contribution < -0.4 is 5.32 Å². The van der Waals surface area contributed by atoms with Crippen LogP contribution in [0.1, 0.15) is 38.5 Å². The number of hydrogen-bond donors (Lipinski definition) is 2.